The van der Waals surface area contributed by atoms with Crippen LogP contribution in [0.5, 0.6) is 0 Å². The second kappa shape index (κ2) is 8.19. The molecule has 27 heavy (non-hydrogen) atoms. The first-order chi connectivity index (χ1) is 13.2. The Labute approximate surface area is 162 Å². The first-order valence-electron chi connectivity index (χ1n) is 9.37. The number of rotatable bonds is 4. The summed E-state index contributed by atoms with van der Waals surface area (Å²) in [5, 5.41) is 0. The predicted octanol–water partition coefficient (Wildman–Crippen LogP) is 2.52. The lowest BCUT2D eigenvalue weighted by Crippen LogP contribution is -2.40. The van der Waals surface area contributed by atoms with Gasteiger partial charge in [0, 0.05) is 36.9 Å². The van der Waals surface area contributed by atoms with Gasteiger partial charge >= 0.3 is 0 Å². The number of hydrogen-bond donors (Lipinski definition) is 0. The fourth-order valence-corrected chi connectivity index (χ4v) is 4.83. The third-order valence-corrected chi connectivity index (χ3v) is 6.29. The third kappa shape index (κ3) is 4.04. The predicted molar refractivity (Wildman–Crippen MR) is 103 cm³/mol. The Bertz CT molecular complexity index is 802. The molecule has 4 heterocycles. The van der Waals surface area contributed by atoms with Crippen molar-refractivity contribution in [1.29, 1.82) is 0 Å². The minimum absolute atomic E-state index is 0.0702. The van der Waals surface area contributed by atoms with E-state index in [0.717, 1.165) is 34.7 Å². The smallest absolute Gasteiger partial charge is 0.264 e. The first-order valence-corrected chi connectivity index (χ1v) is 10.2. The number of ether oxygens (including phenoxy) is 1. The van der Waals surface area contributed by atoms with Crippen molar-refractivity contribution in [2.75, 3.05) is 32.8 Å². The summed E-state index contributed by atoms with van der Waals surface area (Å²) in [7, 11) is 0. The van der Waals surface area contributed by atoms with E-state index in [9.17, 15) is 9.59 Å². The highest BCUT2D eigenvalue weighted by Crippen LogP contribution is 2.36. The van der Waals surface area contributed by atoms with Crippen LogP contribution in [0.25, 0.3) is 0 Å². The van der Waals surface area contributed by atoms with Crippen LogP contribution in [0.1, 0.15) is 39.0 Å². The molecule has 0 radical (unpaired) electrons. The Balaban J connectivity index is 1.45. The van der Waals surface area contributed by atoms with E-state index in [2.05, 4.69) is 4.98 Å². The number of thiophene rings is 1. The van der Waals surface area contributed by atoms with E-state index in [1.165, 1.54) is 11.3 Å². The number of morpholine rings is 1. The van der Waals surface area contributed by atoms with E-state index in [1.54, 1.807) is 12.4 Å². The number of amides is 2. The number of hydrogen-bond acceptors (Lipinski definition) is 5. The van der Waals surface area contributed by atoms with Gasteiger partial charge in [-0.3, -0.25) is 14.6 Å². The number of likely N-dealkylation sites (tertiary alicyclic amines) is 1. The summed E-state index contributed by atoms with van der Waals surface area (Å²) in [6.45, 7) is 3.26. The van der Waals surface area contributed by atoms with Gasteiger partial charge in [0.2, 0.25) is 5.91 Å². The van der Waals surface area contributed by atoms with E-state index >= 15 is 0 Å². The van der Waals surface area contributed by atoms with Crippen molar-refractivity contribution in [2.24, 2.45) is 0 Å². The lowest BCUT2D eigenvalue weighted by Gasteiger charge is -2.26. The molecule has 2 amide bonds. The first kappa shape index (κ1) is 18.1. The van der Waals surface area contributed by atoms with Crippen LogP contribution >= 0.6 is 11.3 Å². The van der Waals surface area contributed by atoms with E-state index in [4.69, 9.17) is 4.74 Å². The number of carbonyl (C=O) groups is 2. The zero-order valence-corrected chi connectivity index (χ0v) is 16.0. The van der Waals surface area contributed by atoms with Gasteiger partial charge in [0.05, 0.1) is 30.6 Å². The van der Waals surface area contributed by atoms with Crippen LogP contribution < -0.4 is 0 Å². The molecule has 142 valence electrons. The molecule has 7 heteroatoms. The Morgan fingerprint density at radius 1 is 1.19 bits per heavy atom. The van der Waals surface area contributed by atoms with Crippen LogP contribution in [0, 0.1) is 0 Å². The fraction of sp³-hybridized carbons (Fsp3) is 0.450. The lowest BCUT2D eigenvalue weighted by atomic mass is 10.1. The van der Waals surface area contributed by atoms with Crippen LogP contribution in [0.3, 0.4) is 0 Å². The summed E-state index contributed by atoms with van der Waals surface area (Å²) in [4.78, 5) is 35.2. The molecule has 0 spiro atoms. The quantitative estimate of drug-likeness (QED) is 0.811. The largest absolute Gasteiger partial charge is 0.378 e. The van der Waals surface area contributed by atoms with E-state index in [0.29, 0.717) is 32.7 Å². The second-order valence-corrected chi connectivity index (χ2v) is 8.01. The standard InChI is InChI=1S/C20H23N3O3S/c24-19(13-15-3-1-7-21-14-15)23-8-2-4-16(23)17-5-6-18(27-17)20(25)22-9-11-26-12-10-22/h1,3,5-7,14,16H,2,4,8-13H2/t16-/m1/s1. The maximum atomic E-state index is 12.8. The molecule has 0 bridgehead atoms. The van der Waals surface area contributed by atoms with Crippen molar-refractivity contribution in [3.8, 4) is 0 Å². The Morgan fingerprint density at radius 3 is 2.81 bits per heavy atom. The molecule has 2 aromatic heterocycles. The van der Waals surface area contributed by atoms with Crippen LogP contribution in [0.2, 0.25) is 0 Å². The van der Waals surface area contributed by atoms with Crippen molar-refractivity contribution >= 4 is 23.2 Å². The Kier molecular flexibility index (Phi) is 5.50. The Hall–Kier alpha value is -2.25. The molecular weight excluding hydrogens is 362 g/mol. The van der Waals surface area contributed by atoms with Gasteiger partial charge in [0.25, 0.3) is 5.91 Å². The second-order valence-electron chi connectivity index (χ2n) is 6.89. The topological polar surface area (TPSA) is 62.7 Å². The van der Waals surface area contributed by atoms with Crippen LogP contribution in [-0.2, 0) is 16.0 Å². The van der Waals surface area contributed by atoms with E-state index in [1.807, 2.05) is 34.1 Å². The van der Waals surface area contributed by atoms with Gasteiger partial charge < -0.3 is 14.5 Å². The Morgan fingerprint density at radius 2 is 2.04 bits per heavy atom. The summed E-state index contributed by atoms with van der Waals surface area (Å²) in [5.74, 6) is 0.195. The van der Waals surface area contributed by atoms with Crippen molar-refractivity contribution in [2.45, 2.75) is 25.3 Å². The molecule has 0 aliphatic carbocycles. The SMILES string of the molecule is O=C(c1ccc([C@H]2CCCN2C(=O)Cc2cccnc2)s1)N1CCOCC1. The highest BCUT2D eigenvalue weighted by molar-refractivity contribution is 7.14. The molecule has 2 fully saturated rings. The van der Waals surface area contributed by atoms with Gasteiger partial charge in [0.15, 0.2) is 0 Å². The van der Waals surface area contributed by atoms with Crippen molar-refractivity contribution < 1.29 is 14.3 Å². The molecule has 4 rings (SSSR count). The van der Waals surface area contributed by atoms with Gasteiger partial charge in [-0.15, -0.1) is 11.3 Å². The van der Waals surface area contributed by atoms with Crippen molar-refractivity contribution in [1.82, 2.24) is 14.8 Å². The maximum absolute atomic E-state index is 12.8. The van der Waals surface area contributed by atoms with Crippen LogP contribution in [-0.4, -0.2) is 59.4 Å². The highest BCUT2D eigenvalue weighted by atomic mass is 32.1. The van der Waals surface area contributed by atoms with Gasteiger partial charge in [-0.1, -0.05) is 6.07 Å². The molecule has 2 aliphatic rings. The zero-order chi connectivity index (χ0) is 18.6. The molecule has 0 unspecified atom stereocenters. The van der Waals surface area contributed by atoms with Gasteiger partial charge in [-0.25, -0.2) is 0 Å². The third-order valence-electron chi connectivity index (χ3n) is 5.12. The minimum Gasteiger partial charge on any atom is -0.378 e. The number of pyridine rings is 1. The van der Waals surface area contributed by atoms with E-state index in [-0.39, 0.29) is 17.9 Å². The van der Waals surface area contributed by atoms with Gasteiger partial charge in [-0.05, 0) is 36.6 Å². The summed E-state index contributed by atoms with van der Waals surface area (Å²) < 4.78 is 5.32. The summed E-state index contributed by atoms with van der Waals surface area (Å²) >= 11 is 1.52. The number of aromatic nitrogens is 1. The molecule has 2 saturated heterocycles. The van der Waals surface area contributed by atoms with Crippen molar-refractivity contribution in [3.05, 3.63) is 52.0 Å². The van der Waals surface area contributed by atoms with Gasteiger partial charge in [-0.2, -0.15) is 0 Å². The average Bonchev–Trinajstić information content (AvgIpc) is 3.38. The maximum Gasteiger partial charge on any atom is 0.264 e. The minimum atomic E-state index is 0.0702. The zero-order valence-electron chi connectivity index (χ0n) is 15.2. The molecule has 0 saturated carbocycles. The molecule has 0 aromatic carbocycles. The molecule has 2 aliphatic heterocycles. The molecule has 0 N–H and O–H groups in total. The highest BCUT2D eigenvalue weighted by Gasteiger charge is 2.31. The summed E-state index contributed by atoms with van der Waals surface area (Å²) in [6.07, 6.45) is 5.77. The fourth-order valence-electron chi connectivity index (χ4n) is 3.71. The molecule has 6 nitrogen and oxygen atoms in total. The van der Waals surface area contributed by atoms with Crippen LogP contribution in [0.4, 0.5) is 0 Å². The summed E-state index contributed by atoms with van der Waals surface area (Å²) in [5.41, 5.74) is 0.933. The average molecular weight is 385 g/mol. The number of nitrogens with zero attached hydrogens (tertiary/aromatic N) is 3. The normalized spacial score (nSPS) is 20.1. The van der Waals surface area contributed by atoms with Gasteiger partial charge in [0.1, 0.15) is 0 Å². The monoisotopic (exact) mass is 385 g/mol. The summed E-state index contributed by atoms with van der Waals surface area (Å²) in [6, 6.07) is 7.77. The van der Waals surface area contributed by atoms with E-state index < -0.39 is 0 Å². The van der Waals surface area contributed by atoms with Crippen molar-refractivity contribution in [3.63, 3.8) is 0 Å². The molecular formula is C20H23N3O3S. The van der Waals surface area contributed by atoms with Crippen LogP contribution in [0.15, 0.2) is 36.7 Å². The molecule has 2 aromatic rings. The molecule has 1 atom stereocenters. The number of carbonyl (C=O) groups excluding carboxylic acids is 2. The lowest BCUT2D eigenvalue weighted by molar-refractivity contribution is -0.131.